The average molecular weight is 582 g/mol. The van der Waals surface area contributed by atoms with Crippen LogP contribution in [0.2, 0.25) is 5.02 Å². The molecule has 180 valence electrons. The van der Waals surface area contributed by atoms with E-state index in [1.165, 1.54) is 16.8 Å². The van der Waals surface area contributed by atoms with Crippen molar-refractivity contribution in [3.63, 3.8) is 0 Å². The first-order valence-electron chi connectivity index (χ1n) is 10.8. The minimum atomic E-state index is -0.486. The molecule has 3 aromatic rings. The number of benzene rings is 3. The van der Waals surface area contributed by atoms with Crippen LogP contribution in [0.15, 0.2) is 92.9 Å². The summed E-state index contributed by atoms with van der Waals surface area (Å²) < 4.78 is 12.4. The van der Waals surface area contributed by atoms with Gasteiger partial charge in [-0.15, -0.1) is 0 Å². The Morgan fingerprint density at radius 1 is 0.972 bits per heavy atom. The molecule has 0 spiro atoms. The zero-order valence-corrected chi connectivity index (χ0v) is 21.8. The smallest absolute Gasteiger partial charge is 0.283 e. The summed E-state index contributed by atoms with van der Waals surface area (Å²) in [6.07, 6.45) is 1.62. The second-order valence-electron chi connectivity index (χ2n) is 7.62. The van der Waals surface area contributed by atoms with Crippen LogP contribution in [0.3, 0.4) is 0 Å². The van der Waals surface area contributed by atoms with Crippen LogP contribution in [0.1, 0.15) is 11.1 Å². The Bertz CT molecular complexity index is 1420. The number of halogens is 2. The molecule has 2 aliphatic heterocycles. The van der Waals surface area contributed by atoms with Gasteiger partial charge in [-0.25, -0.2) is 0 Å². The number of aliphatic imine (C=N–C) groups is 1. The minimum Gasteiger partial charge on any atom is -0.490 e. The number of rotatable bonds is 7. The third-order valence-electron chi connectivity index (χ3n) is 5.18. The molecule has 5 rings (SSSR count). The number of carbonyl (C=O) groups excluding carboxylic acids is 1. The molecule has 0 radical (unpaired) electrons. The van der Waals surface area contributed by atoms with Gasteiger partial charge in [-0.05, 0) is 65.9 Å². The average Bonchev–Trinajstić information content (AvgIpc) is 3.30. The molecule has 0 aliphatic carbocycles. The zero-order chi connectivity index (χ0) is 25.1. The van der Waals surface area contributed by atoms with Crippen molar-refractivity contribution in [3.8, 4) is 11.5 Å². The van der Waals surface area contributed by atoms with Crippen molar-refractivity contribution in [3.05, 3.63) is 99.0 Å². The Hall–Kier alpha value is -3.40. The number of fused-ring (bicyclic) bond motifs is 1. The highest BCUT2D eigenvalue weighted by atomic mass is 79.9. The van der Waals surface area contributed by atoms with Gasteiger partial charge in [-0.1, -0.05) is 57.9 Å². The largest absolute Gasteiger partial charge is 0.490 e. The monoisotopic (exact) mass is 580 g/mol. The van der Waals surface area contributed by atoms with E-state index in [2.05, 4.69) is 26.0 Å². The Balaban J connectivity index is 1.23. The standard InChI is InChI=1S/C26H18BrClN4O3S/c27-17-7-11-19(12-8-17)35-14-13-34-18-9-5-16(6-10-18)15-21-23(29)32-26(30-24(21)33)36-25(31-32)20-3-1-2-4-22(20)28/h1-12,15,29H,13-14H2/b21-15-,29-23?. The maximum absolute atomic E-state index is 12.7. The van der Waals surface area contributed by atoms with E-state index in [0.29, 0.717) is 34.2 Å². The summed E-state index contributed by atoms with van der Waals surface area (Å²) in [5, 5.41) is 15.9. The quantitative estimate of drug-likeness (QED) is 0.264. The normalized spacial score (nSPS) is 16.1. The lowest BCUT2D eigenvalue weighted by Crippen LogP contribution is -2.35. The molecule has 0 bridgehead atoms. The molecule has 0 saturated heterocycles. The molecule has 0 atom stereocenters. The van der Waals surface area contributed by atoms with E-state index in [4.69, 9.17) is 26.5 Å². The molecule has 7 nitrogen and oxygen atoms in total. The third-order valence-corrected chi connectivity index (χ3v) is 6.98. The summed E-state index contributed by atoms with van der Waals surface area (Å²) in [6, 6.07) is 22.1. The van der Waals surface area contributed by atoms with Crippen molar-refractivity contribution in [1.29, 1.82) is 5.41 Å². The number of nitrogens with one attached hydrogen (secondary N) is 1. The maximum Gasteiger partial charge on any atom is 0.283 e. The second-order valence-corrected chi connectivity index (χ2v) is 9.90. The Morgan fingerprint density at radius 2 is 1.61 bits per heavy atom. The van der Waals surface area contributed by atoms with Gasteiger partial charge in [0.05, 0.1) is 10.6 Å². The maximum atomic E-state index is 12.7. The predicted molar refractivity (Wildman–Crippen MR) is 147 cm³/mol. The molecule has 2 aliphatic rings. The number of hydrogen-bond donors (Lipinski definition) is 1. The van der Waals surface area contributed by atoms with Gasteiger partial charge in [0.1, 0.15) is 29.8 Å². The molecule has 10 heteroatoms. The lowest BCUT2D eigenvalue weighted by Gasteiger charge is -2.20. The highest BCUT2D eigenvalue weighted by molar-refractivity contribution is 9.10. The van der Waals surface area contributed by atoms with Crippen molar-refractivity contribution < 1.29 is 14.3 Å². The second kappa shape index (κ2) is 10.7. The molecule has 0 fully saturated rings. The molecule has 1 amide bonds. The molecule has 0 saturated carbocycles. The van der Waals surface area contributed by atoms with Crippen molar-refractivity contribution in [2.75, 3.05) is 13.2 Å². The van der Waals surface area contributed by atoms with Crippen molar-refractivity contribution in [2.45, 2.75) is 0 Å². The Morgan fingerprint density at radius 3 is 2.28 bits per heavy atom. The van der Waals surface area contributed by atoms with Gasteiger partial charge in [0, 0.05) is 10.0 Å². The van der Waals surface area contributed by atoms with E-state index >= 15 is 0 Å². The van der Waals surface area contributed by atoms with Gasteiger partial charge < -0.3 is 9.47 Å². The van der Waals surface area contributed by atoms with Gasteiger partial charge in [0.25, 0.3) is 5.91 Å². The fourth-order valence-corrected chi connectivity index (χ4v) is 4.89. The SMILES string of the molecule is N=C1/C(=C/c2ccc(OCCOc3ccc(Br)cc3)cc2)C(=O)N=C2SC(c3ccccc3Cl)=NN12. The van der Waals surface area contributed by atoms with Crippen LogP contribution in [-0.2, 0) is 4.79 Å². The molecular formula is C26H18BrClN4O3S. The fraction of sp³-hybridized carbons (Fsp3) is 0.0769. The van der Waals surface area contributed by atoms with Gasteiger partial charge in [-0.2, -0.15) is 15.1 Å². The van der Waals surface area contributed by atoms with Crippen LogP contribution in [-0.4, -0.2) is 40.2 Å². The first-order valence-corrected chi connectivity index (χ1v) is 12.8. The number of amides is 1. The van der Waals surface area contributed by atoms with Gasteiger partial charge in [0.15, 0.2) is 5.84 Å². The molecule has 36 heavy (non-hydrogen) atoms. The van der Waals surface area contributed by atoms with Crippen molar-refractivity contribution in [2.24, 2.45) is 10.1 Å². The fourth-order valence-electron chi connectivity index (χ4n) is 3.41. The van der Waals surface area contributed by atoms with Crippen LogP contribution >= 0.6 is 39.3 Å². The van der Waals surface area contributed by atoms with Crippen LogP contribution in [0.5, 0.6) is 11.5 Å². The third kappa shape index (κ3) is 5.38. The summed E-state index contributed by atoms with van der Waals surface area (Å²) in [7, 11) is 0. The number of ether oxygens (including phenoxy) is 2. The molecule has 2 heterocycles. The predicted octanol–water partition coefficient (Wildman–Crippen LogP) is 6.23. The molecule has 1 N–H and O–H groups in total. The molecule has 0 unspecified atom stereocenters. The van der Waals surface area contributed by atoms with E-state index in [1.54, 1.807) is 24.3 Å². The lowest BCUT2D eigenvalue weighted by atomic mass is 10.1. The lowest BCUT2D eigenvalue weighted by molar-refractivity contribution is -0.114. The first-order chi connectivity index (χ1) is 17.5. The molecular weight excluding hydrogens is 564 g/mol. The van der Waals surface area contributed by atoms with E-state index in [0.717, 1.165) is 21.3 Å². The number of hydrogen-bond acceptors (Lipinski definition) is 6. The van der Waals surface area contributed by atoms with Gasteiger partial charge in [0.2, 0.25) is 5.17 Å². The van der Waals surface area contributed by atoms with E-state index in [-0.39, 0.29) is 11.4 Å². The van der Waals surface area contributed by atoms with E-state index in [1.807, 2.05) is 54.6 Å². The van der Waals surface area contributed by atoms with Gasteiger partial charge in [-0.3, -0.25) is 10.2 Å². The topological polar surface area (TPSA) is 87.3 Å². The number of carbonyl (C=O) groups is 1. The Kier molecular flexibility index (Phi) is 7.22. The molecule has 0 aromatic heterocycles. The highest BCUT2D eigenvalue weighted by Gasteiger charge is 2.36. The summed E-state index contributed by atoms with van der Waals surface area (Å²) in [4.78, 5) is 16.8. The number of nitrogens with zero attached hydrogens (tertiary/aromatic N) is 3. The van der Waals surface area contributed by atoms with Crippen LogP contribution in [0.4, 0.5) is 0 Å². The first kappa shape index (κ1) is 24.3. The number of amidine groups is 2. The summed E-state index contributed by atoms with van der Waals surface area (Å²) >= 11 is 10.9. The van der Waals surface area contributed by atoms with Crippen LogP contribution < -0.4 is 9.47 Å². The summed E-state index contributed by atoms with van der Waals surface area (Å²) in [5.74, 6) is 0.922. The highest BCUT2D eigenvalue weighted by Crippen LogP contribution is 2.33. The summed E-state index contributed by atoms with van der Waals surface area (Å²) in [6.45, 7) is 0.791. The number of thioether (sulfide) groups is 1. The minimum absolute atomic E-state index is 0.0371. The zero-order valence-electron chi connectivity index (χ0n) is 18.7. The van der Waals surface area contributed by atoms with Crippen LogP contribution in [0.25, 0.3) is 6.08 Å². The summed E-state index contributed by atoms with van der Waals surface area (Å²) in [5.41, 5.74) is 1.62. The van der Waals surface area contributed by atoms with Gasteiger partial charge >= 0.3 is 0 Å². The van der Waals surface area contributed by atoms with E-state index < -0.39 is 5.91 Å². The van der Waals surface area contributed by atoms with Crippen LogP contribution in [0, 0.1) is 5.41 Å². The van der Waals surface area contributed by atoms with Crippen molar-refractivity contribution in [1.82, 2.24) is 5.01 Å². The van der Waals surface area contributed by atoms with E-state index in [9.17, 15) is 4.79 Å². The number of hydrazone groups is 1. The van der Waals surface area contributed by atoms with Crippen molar-refractivity contribution >= 4 is 67.3 Å². The molecule has 3 aromatic carbocycles. The Labute approximate surface area is 225 Å².